The number of phenolic OH excluding ortho intramolecular Hbond substituents is 1. The second kappa shape index (κ2) is 4.66. The van der Waals surface area contributed by atoms with Crippen LogP contribution in [0.1, 0.15) is 32.9 Å². The predicted molar refractivity (Wildman–Crippen MR) is 74.9 cm³/mol. The molecule has 2 aromatic rings. The molecule has 5 heteroatoms. The number of carbonyl (C=O) groups excluding carboxylic acids is 1. The first-order valence-corrected chi connectivity index (χ1v) is 7.04. The molecule has 1 aliphatic carbocycles. The molecule has 2 N–H and O–H groups in total. The van der Waals surface area contributed by atoms with Crippen molar-refractivity contribution in [2.45, 2.75) is 26.2 Å². The van der Waals surface area contributed by atoms with Crippen LogP contribution in [0, 0.1) is 6.92 Å². The van der Waals surface area contributed by atoms with Crippen molar-refractivity contribution in [1.29, 1.82) is 0 Å². The largest absolute Gasteiger partial charge is 0.508 e. The number of hydrogen-bond acceptors (Lipinski definition) is 4. The molecule has 0 radical (unpaired) electrons. The van der Waals surface area contributed by atoms with Crippen LogP contribution in [0.4, 0.5) is 5.13 Å². The molecule has 0 atom stereocenters. The van der Waals surface area contributed by atoms with E-state index in [-0.39, 0.29) is 11.7 Å². The summed E-state index contributed by atoms with van der Waals surface area (Å²) in [5.74, 6) is -0.00722. The zero-order valence-corrected chi connectivity index (χ0v) is 11.4. The molecule has 0 saturated heterocycles. The number of aryl methyl sites for hydroxylation is 3. The standard InChI is InChI=1S/C14H14N2O2S/c1-8-7-9(17)5-6-10(8)13(18)16-14-15-11-3-2-4-12(11)19-14/h5-7,17H,2-4H2,1H3,(H,15,16,18). The van der Waals surface area contributed by atoms with E-state index in [0.717, 1.165) is 24.1 Å². The van der Waals surface area contributed by atoms with Crippen LogP contribution >= 0.6 is 11.3 Å². The first-order valence-electron chi connectivity index (χ1n) is 6.23. The van der Waals surface area contributed by atoms with E-state index >= 15 is 0 Å². The van der Waals surface area contributed by atoms with E-state index in [0.29, 0.717) is 10.7 Å². The number of carbonyl (C=O) groups is 1. The highest BCUT2D eigenvalue weighted by Crippen LogP contribution is 2.30. The van der Waals surface area contributed by atoms with Crippen molar-refractivity contribution in [2.75, 3.05) is 5.32 Å². The molecule has 0 fully saturated rings. The second-order valence-corrected chi connectivity index (χ2v) is 5.78. The van der Waals surface area contributed by atoms with E-state index in [1.165, 1.54) is 17.4 Å². The fourth-order valence-corrected chi connectivity index (χ4v) is 3.36. The number of nitrogens with zero attached hydrogens (tertiary/aromatic N) is 1. The molecule has 0 unspecified atom stereocenters. The molecule has 1 aromatic carbocycles. The molecule has 0 spiro atoms. The maximum absolute atomic E-state index is 12.1. The van der Waals surface area contributed by atoms with E-state index in [2.05, 4.69) is 10.3 Å². The Morgan fingerprint density at radius 2 is 2.26 bits per heavy atom. The number of rotatable bonds is 2. The Bertz CT molecular complexity index is 627. The summed E-state index contributed by atoms with van der Waals surface area (Å²) in [5, 5.41) is 12.8. The highest BCUT2D eigenvalue weighted by atomic mass is 32.1. The molecule has 1 aliphatic rings. The lowest BCUT2D eigenvalue weighted by Gasteiger charge is -2.05. The molecule has 98 valence electrons. The molecule has 1 heterocycles. The number of aromatic nitrogens is 1. The number of aromatic hydroxyl groups is 1. The van der Waals surface area contributed by atoms with E-state index in [1.54, 1.807) is 30.4 Å². The van der Waals surface area contributed by atoms with E-state index in [1.807, 2.05) is 0 Å². The van der Waals surface area contributed by atoms with Gasteiger partial charge in [-0.25, -0.2) is 4.98 Å². The van der Waals surface area contributed by atoms with Gasteiger partial charge in [0.2, 0.25) is 0 Å². The molecule has 3 rings (SSSR count). The van der Waals surface area contributed by atoms with Crippen molar-refractivity contribution in [3.05, 3.63) is 39.9 Å². The number of benzene rings is 1. The SMILES string of the molecule is Cc1cc(O)ccc1C(=O)Nc1nc2c(s1)CCC2. The van der Waals surface area contributed by atoms with Gasteiger partial charge in [-0.15, -0.1) is 11.3 Å². The van der Waals surface area contributed by atoms with Crippen LogP contribution in [0.5, 0.6) is 5.75 Å². The number of phenols is 1. The van der Waals surface area contributed by atoms with Gasteiger partial charge in [-0.3, -0.25) is 10.1 Å². The van der Waals surface area contributed by atoms with Crippen LogP contribution in [0.3, 0.4) is 0 Å². The van der Waals surface area contributed by atoms with Crippen molar-refractivity contribution in [2.24, 2.45) is 0 Å². The summed E-state index contributed by atoms with van der Waals surface area (Å²) in [4.78, 5) is 17.9. The van der Waals surface area contributed by atoms with Gasteiger partial charge in [-0.1, -0.05) is 0 Å². The normalized spacial score (nSPS) is 13.3. The third kappa shape index (κ3) is 2.33. The number of anilines is 1. The lowest BCUT2D eigenvalue weighted by Crippen LogP contribution is -2.13. The third-order valence-corrected chi connectivity index (χ3v) is 4.34. The lowest BCUT2D eigenvalue weighted by molar-refractivity contribution is 0.102. The van der Waals surface area contributed by atoms with Crippen molar-refractivity contribution < 1.29 is 9.90 Å². The molecular weight excluding hydrogens is 260 g/mol. The van der Waals surface area contributed by atoms with E-state index < -0.39 is 0 Å². The molecule has 4 nitrogen and oxygen atoms in total. The maximum atomic E-state index is 12.1. The summed E-state index contributed by atoms with van der Waals surface area (Å²) in [6.45, 7) is 1.80. The average Bonchev–Trinajstić information content (AvgIpc) is 2.89. The topological polar surface area (TPSA) is 62.2 Å². The Morgan fingerprint density at radius 3 is 3.00 bits per heavy atom. The molecular formula is C14H14N2O2S. The molecule has 1 aromatic heterocycles. The minimum Gasteiger partial charge on any atom is -0.508 e. The molecule has 1 amide bonds. The number of amides is 1. The summed E-state index contributed by atoms with van der Waals surface area (Å²) in [6.07, 6.45) is 3.25. The Hall–Kier alpha value is -1.88. The molecule has 0 saturated carbocycles. The average molecular weight is 274 g/mol. The van der Waals surface area contributed by atoms with Crippen LogP contribution in [-0.2, 0) is 12.8 Å². The monoisotopic (exact) mass is 274 g/mol. The van der Waals surface area contributed by atoms with Gasteiger partial charge in [0.15, 0.2) is 5.13 Å². The number of fused-ring (bicyclic) bond motifs is 1. The smallest absolute Gasteiger partial charge is 0.257 e. The fraction of sp³-hybridized carbons (Fsp3) is 0.286. The summed E-state index contributed by atoms with van der Waals surface area (Å²) in [5.41, 5.74) is 2.44. The van der Waals surface area contributed by atoms with Gasteiger partial charge in [-0.2, -0.15) is 0 Å². The van der Waals surface area contributed by atoms with Gasteiger partial charge in [0.1, 0.15) is 5.75 Å². The minimum atomic E-state index is -0.176. The highest BCUT2D eigenvalue weighted by molar-refractivity contribution is 7.16. The highest BCUT2D eigenvalue weighted by Gasteiger charge is 2.18. The minimum absolute atomic E-state index is 0.169. The van der Waals surface area contributed by atoms with E-state index in [4.69, 9.17) is 0 Å². The molecule has 0 bridgehead atoms. The Labute approximate surface area is 115 Å². The first kappa shape index (κ1) is 12.2. The van der Waals surface area contributed by atoms with Crippen LogP contribution in [0.2, 0.25) is 0 Å². The van der Waals surface area contributed by atoms with E-state index in [9.17, 15) is 9.90 Å². The van der Waals surface area contributed by atoms with Gasteiger partial charge >= 0.3 is 0 Å². The number of nitrogens with one attached hydrogen (secondary N) is 1. The van der Waals surface area contributed by atoms with Gasteiger partial charge in [0, 0.05) is 10.4 Å². The number of thiazole rings is 1. The van der Waals surface area contributed by atoms with Crippen LogP contribution < -0.4 is 5.32 Å². The van der Waals surface area contributed by atoms with Crippen molar-refractivity contribution in [3.63, 3.8) is 0 Å². The number of hydrogen-bond donors (Lipinski definition) is 2. The zero-order chi connectivity index (χ0) is 13.4. The van der Waals surface area contributed by atoms with Crippen molar-refractivity contribution in [3.8, 4) is 5.75 Å². The van der Waals surface area contributed by atoms with Gasteiger partial charge in [0.05, 0.1) is 5.69 Å². The fourth-order valence-electron chi connectivity index (χ4n) is 2.31. The first-order chi connectivity index (χ1) is 9.13. The molecule has 0 aliphatic heterocycles. The lowest BCUT2D eigenvalue weighted by atomic mass is 10.1. The van der Waals surface area contributed by atoms with Crippen molar-refractivity contribution in [1.82, 2.24) is 4.98 Å². The summed E-state index contributed by atoms with van der Waals surface area (Å²) >= 11 is 1.56. The van der Waals surface area contributed by atoms with Crippen LogP contribution in [0.15, 0.2) is 18.2 Å². The Kier molecular flexibility index (Phi) is 2.98. The maximum Gasteiger partial charge on any atom is 0.257 e. The third-order valence-electron chi connectivity index (χ3n) is 3.27. The summed E-state index contributed by atoms with van der Waals surface area (Å²) < 4.78 is 0. The van der Waals surface area contributed by atoms with Gasteiger partial charge < -0.3 is 5.11 Å². The van der Waals surface area contributed by atoms with Gasteiger partial charge in [-0.05, 0) is 49.9 Å². The second-order valence-electron chi connectivity index (χ2n) is 4.70. The molecule has 19 heavy (non-hydrogen) atoms. The Balaban J connectivity index is 1.80. The predicted octanol–water partition coefficient (Wildman–Crippen LogP) is 2.90. The Morgan fingerprint density at radius 1 is 1.42 bits per heavy atom. The van der Waals surface area contributed by atoms with Gasteiger partial charge in [0.25, 0.3) is 5.91 Å². The van der Waals surface area contributed by atoms with Crippen molar-refractivity contribution >= 4 is 22.4 Å². The van der Waals surface area contributed by atoms with Crippen LogP contribution in [-0.4, -0.2) is 16.0 Å². The van der Waals surface area contributed by atoms with Crippen LogP contribution in [0.25, 0.3) is 0 Å². The summed E-state index contributed by atoms with van der Waals surface area (Å²) in [6, 6.07) is 4.72. The zero-order valence-electron chi connectivity index (χ0n) is 10.6. The summed E-state index contributed by atoms with van der Waals surface area (Å²) in [7, 11) is 0. The quantitative estimate of drug-likeness (QED) is 0.885.